The van der Waals surface area contributed by atoms with Gasteiger partial charge in [0.1, 0.15) is 5.82 Å². The van der Waals surface area contributed by atoms with Crippen molar-refractivity contribution < 1.29 is 0 Å². The first kappa shape index (κ1) is 13.4. The first-order valence-electron chi connectivity index (χ1n) is 7.16. The normalized spacial score (nSPS) is 15.1. The van der Waals surface area contributed by atoms with Crippen molar-refractivity contribution >= 4 is 22.3 Å². The lowest BCUT2D eigenvalue weighted by atomic mass is 10.2. The van der Waals surface area contributed by atoms with Gasteiger partial charge in [0.25, 0.3) is 0 Å². The molecule has 1 aliphatic rings. The summed E-state index contributed by atoms with van der Waals surface area (Å²) < 4.78 is 0. The van der Waals surface area contributed by atoms with E-state index in [2.05, 4.69) is 51.5 Å². The average Bonchev–Trinajstić information content (AvgIpc) is 3.09. The number of hydrogen-bond donors (Lipinski definition) is 1. The number of thiazole rings is 1. The van der Waals surface area contributed by atoms with Crippen LogP contribution in [0.3, 0.4) is 0 Å². The molecule has 2 aromatic heterocycles. The molecule has 0 aliphatic carbocycles. The van der Waals surface area contributed by atoms with Crippen LogP contribution in [-0.4, -0.2) is 29.1 Å². The molecular weight excluding hydrogens is 268 g/mol. The van der Waals surface area contributed by atoms with Gasteiger partial charge in [-0.15, -0.1) is 11.3 Å². The van der Waals surface area contributed by atoms with Gasteiger partial charge in [-0.25, -0.2) is 9.97 Å². The van der Waals surface area contributed by atoms with E-state index in [-0.39, 0.29) is 0 Å². The van der Waals surface area contributed by atoms with Crippen LogP contribution in [0.1, 0.15) is 26.7 Å². The summed E-state index contributed by atoms with van der Waals surface area (Å²) in [6.07, 6.45) is 4.49. The van der Waals surface area contributed by atoms with Gasteiger partial charge in [0.05, 0.1) is 5.69 Å². The third-order valence-electron chi connectivity index (χ3n) is 3.39. The Kier molecular flexibility index (Phi) is 3.87. The molecule has 0 unspecified atom stereocenters. The molecule has 0 radical (unpaired) electrons. The van der Waals surface area contributed by atoms with Crippen LogP contribution in [0, 0.1) is 0 Å². The smallest absolute Gasteiger partial charge is 0.183 e. The number of hydrogen-bond acceptors (Lipinski definition) is 5. The molecule has 1 fully saturated rings. The molecule has 0 spiro atoms. The highest BCUT2D eigenvalue weighted by molar-refractivity contribution is 7.14. The zero-order valence-electron chi connectivity index (χ0n) is 12.0. The minimum absolute atomic E-state index is 0.407. The molecule has 0 amide bonds. The Bertz CT molecular complexity index is 556. The van der Waals surface area contributed by atoms with Gasteiger partial charge in [0, 0.05) is 36.3 Å². The van der Waals surface area contributed by atoms with Gasteiger partial charge in [0.2, 0.25) is 0 Å². The number of rotatable bonds is 4. The van der Waals surface area contributed by atoms with Gasteiger partial charge in [-0.05, 0) is 38.8 Å². The molecule has 20 heavy (non-hydrogen) atoms. The van der Waals surface area contributed by atoms with Crippen molar-refractivity contribution in [2.75, 3.05) is 23.3 Å². The maximum atomic E-state index is 4.60. The highest BCUT2D eigenvalue weighted by atomic mass is 32.1. The fourth-order valence-electron chi connectivity index (χ4n) is 2.39. The Balaban J connectivity index is 1.75. The van der Waals surface area contributed by atoms with Crippen molar-refractivity contribution in [2.45, 2.75) is 32.7 Å². The van der Waals surface area contributed by atoms with Crippen molar-refractivity contribution in [3.63, 3.8) is 0 Å². The Morgan fingerprint density at radius 1 is 1.25 bits per heavy atom. The lowest BCUT2D eigenvalue weighted by molar-refractivity contribution is 0.896. The standard InChI is InChI=1S/C15H20N4S/c1-11(2)17-15-18-13(10-20-15)12-5-6-14(16-9-12)19-7-3-4-8-19/h5-6,9-11H,3-4,7-8H2,1-2H3,(H,17,18). The summed E-state index contributed by atoms with van der Waals surface area (Å²) in [5.41, 5.74) is 2.08. The fraction of sp³-hybridized carbons (Fsp3) is 0.467. The molecule has 0 atom stereocenters. The molecule has 3 heterocycles. The summed E-state index contributed by atoms with van der Waals surface area (Å²) >= 11 is 1.64. The van der Waals surface area contributed by atoms with E-state index in [1.165, 1.54) is 12.8 Å². The molecule has 5 heteroatoms. The van der Waals surface area contributed by atoms with E-state index in [0.717, 1.165) is 35.3 Å². The molecule has 2 aromatic rings. The molecule has 4 nitrogen and oxygen atoms in total. The molecule has 0 aromatic carbocycles. The third-order valence-corrected chi connectivity index (χ3v) is 4.16. The van der Waals surface area contributed by atoms with E-state index in [1.54, 1.807) is 11.3 Å². The van der Waals surface area contributed by atoms with Gasteiger partial charge in [-0.2, -0.15) is 0 Å². The van der Waals surface area contributed by atoms with Crippen LogP contribution in [0.25, 0.3) is 11.3 Å². The van der Waals surface area contributed by atoms with E-state index < -0.39 is 0 Å². The van der Waals surface area contributed by atoms with Crippen LogP contribution in [0.2, 0.25) is 0 Å². The maximum Gasteiger partial charge on any atom is 0.183 e. The summed E-state index contributed by atoms with van der Waals surface area (Å²) in [7, 11) is 0. The molecule has 1 N–H and O–H groups in total. The van der Waals surface area contributed by atoms with Crippen molar-refractivity contribution in [3.05, 3.63) is 23.7 Å². The summed E-state index contributed by atoms with van der Waals surface area (Å²) in [5, 5.41) is 6.38. The van der Waals surface area contributed by atoms with Gasteiger partial charge < -0.3 is 10.2 Å². The number of pyridine rings is 1. The van der Waals surface area contributed by atoms with Crippen LogP contribution in [0.5, 0.6) is 0 Å². The monoisotopic (exact) mass is 288 g/mol. The highest BCUT2D eigenvalue weighted by Gasteiger charge is 2.13. The Hall–Kier alpha value is -1.62. The van der Waals surface area contributed by atoms with Crippen molar-refractivity contribution in [3.8, 4) is 11.3 Å². The van der Waals surface area contributed by atoms with E-state index in [4.69, 9.17) is 0 Å². The second-order valence-corrected chi connectivity index (χ2v) is 6.29. The number of nitrogens with zero attached hydrogens (tertiary/aromatic N) is 3. The zero-order chi connectivity index (χ0) is 13.9. The van der Waals surface area contributed by atoms with Crippen LogP contribution in [0.4, 0.5) is 10.9 Å². The first-order chi connectivity index (χ1) is 9.72. The third kappa shape index (κ3) is 2.93. The quantitative estimate of drug-likeness (QED) is 0.933. The van der Waals surface area contributed by atoms with Crippen LogP contribution in [0.15, 0.2) is 23.7 Å². The van der Waals surface area contributed by atoms with Gasteiger partial charge in [-0.1, -0.05) is 0 Å². The molecule has 1 aliphatic heterocycles. The predicted molar refractivity (Wildman–Crippen MR) is 85.6 cm³/mol. The average molecular weight is 288 g/mol. The molecule has 3 rings (SSSR count). The van der Waals surface area contributed by atoms with E-state index in [9.17, 15) is 0 Å². The number of anilines is 2. The van der Waals surface area contributed by atoms with Crippen molar-refractivity contribution in [1.29, 1.82) is 0 Å². The summed E-state index contributed by atoms with van der Waals surface area (Å²) in [4.78, 5) is 11.5. The van der Waals surface area contributed by atoms with Gasteiger partial charge in [-0.3, -0.25) is 0 Å². The largest absolute Gasteiger partial charge is 0.359 e. The van der Waals surface area contributed by atoms with Crippen LogP contribution in [-0.2, 0) is 0 Å². The van der Waals surface area contributed by atoms with Gasteiger partial charge >= 0.3 is 0 Å². The highest BCUT2D eigenvalue weighted by Crippen LogP contribution is 2.26. The molecule has 0 bridgehead atoms. The minimum atomic E-state index is 0.407. The zero-order valence-corrected chi connectivity index (χ0v) is 12.8. The van der Waals surface area contributed by atoms with Crippen LogP contribution < -0.4 is 10.2 Å². The minimum Gasteiger partial charge on any atom is -0.359 e. The van der Waals surface area contributed by atoms with E-state index in [0.29, 0.717) is 6.04 Å². The van der Waals surface area contributed by atoms with Crippen molar-refractivity contribution in [1.82, 2.24) is 9.97 Å². The summed E-state index contributed by atoms with van der Waals surface area (Å²) in [6, 6.07) is 4.63. The van der Waals surface area contributed by atoms with Crippen molar-refractivity contribution in [2.24, 2.45) is 0 Å². The fourth-order valence-corrected chi connectivity index (χ4v) is 3.26. The van der Waals surface area contributed by atoms with E-state index >= 15 is 0 Å². The molecular formula is C15H20N4S. The first-order valence-corrected chi connectivity index (χ1v) is 8.04. The topological polar surface area (TPSA) is 41.1 Å². The second-order valence-electron chi connectivity index (χ2n) is 5.44. The van der Waals surface area contributed by atoms with Gasteiger partial charge in [0.15, 0.2) is 5.13 Å². The predicted octanol–water partition coefficient (Wildman–Crippen LogP) is 3.63. The number of aromatic nitrogens is 2. The van der Waals surface area contributed by atoms with E-state index in [1.807, 2.05) is 6.20 Å². The SMILES string of the molecule is CC(C)Nc1nc(-c2ccc(N3CCCC3)nc2)cs1. The molecule has 1 saturated heterocycles. The Morgan fingerprint density at radius 3 is 2.70 bits per heavy atom. The second kappa shape index (κ2) is 5.79. The Labute approximate surface area is 123 Å². The summed E-state index contributed by atoms with van der Waals surface area (Å²) in [5.74, 6) is 1.09. The lowest BCUT2D eigenvalue weighted by Gasteiger charge is -2.15. The molecule has 106 valence electrons. The van der Waals surface area contributed by atoms with Crippen LogP contribution >= 0.6 is 11.3 Å². The maximum absolute atomic E-state index is 4.60. The molecule has 0 saturated carbocycles. The number of nitrogens with one attached hydrogen (secondary N) is 1. The Morgan fingerprint density at radius 2 is 2.05 bits per heavy atom. The lowest BCUT2D eigenvalue weighted by Crippen LogP contribution is -2.18. The summed E-state index contributed by atoms with van der Waals surface area (Å²) in [6.45, 7) is 6.50.